The molecule has 4 nitrogen and oxygen atoms in total. The normalized spacial score (nSPS) is 11.3. The lowest BCUT2D eigenvalue weighted by atomic mass is 9.90. The van der Waals surface area contributed by atoms with Crippen molar-refractivity contribution in [3.63, 3.8) is 0 Å². The van der Waals surface area contributed by atoms with Gasteiger partial charge < -0.3 is 10.1 Å². The van der Waals surface area contributed by atoms with Crippen LogP contribution in [0.15, 0.2) is 6.07 Å². The zero-order chi connectivity index (χ0) is 19.9. The Morgan fingerprint density at radius 1 is 1.00 bits per heavy atom. The van der Waals surface area contributed by atoms with Gasteiger partial charge in [-0.25, -0.2) is 8.78 Å². The first-order valence-electron chi connectivity index (χ1n) is 8.31. The molecule has 0 aromatic heterocycles. The van der Waals surface area contributed by atoms with E-state index >= 15 is 0 Å². The van der Waals surface area contributed by atoms with Crippen molar-refractivity contribution in [3.8, 4) is 5.75 Å². The van der Waals surface area contributed by atoms with Crippen molar-refractivity contribution in [1.82, 2.24) is 5.32 Å². The van der Waals surface area contributed by atoms with Crippen molar-refractivity contribution in [2.75, 3.05) is 6.54 Å². The molecule has 0 aliphatic heterocycles. The van der Waals surface area contributed by atoms with Crippen LogP contribution in [0.5, 0.6) is 5.75 Å². The molecule has 1 N–H and O–H groups in total. The number of nitrogens with one attached hydrogen (secondary N) is 1. The maximum absolute atomic E-state index is 13.4. The first kappa shape index (κ1) is 21.9. The van der Waals surface area contributed by atoms with E-state index in [0.717, 1.165) is 19.3 Å². The summed E-state index contributed by atoms with van der Waals surface area (Å²) in [5.41, 5.74) is 0.217. The molecule has 26 heavy (non-hydrogen) atoms. The molecule has 1 aromatic rings. The molecule has 0 fully saturated rings. The monoisotopic (exact) mass is 377 g/mol. The number of unbranched alkanes of at least 4 members (excludes halogenated alkanes) is 1. The van der Waals surface area contributed by atoms with Gasteiger partial charge in [0.05, 0.1) is 6.42 Å². The first-order chi connectivity index (χ1) is 12.0. The minimum Gasteiger partial charge on any atom is -0.420 e. The number of amides is 1. The Morgan fingerprint density at radius 3 is 2.12 bits per heavy atom. The maximum Gasteiger partial charge on any atom is 0.311 e. The quantitative estimate of drug-likeness (QED) is 0.242. The zero-order valence-electron chi connectivity index (χ0n) is 15.1. The van der Waals surface area contributed by atoms with Crippen LogP contribution >= 0.6 is 0 Å². The first-order valence-corrected chi connectivity index (χ1v) is 8.31. The second-order valence-corrected chi connectivity index (χ2v) is 7.14. The summed E-state index contributed by atoms with van der Waals surface area (Å²) in [6.07, 6.45) is 1.99. The standard InChI is InChI=1S/C18H23F4NO3/c1-18(2,3)8-4-5-9-23-13(24)6-7-14(25)26-17-15(21)11(19)10-12(20)16(17)22/h10H,4-9H2,1-3H3,(H,23,24). The molecule has 0 saturated carbocycles. The van der Waals surface area contributed by atoms with Gasteiger partial charge in [-0.2, -0.15) is 8.78 Å². The van der Waals surface area contributed by atoms with E-state index < -0.39 is 47.3 Å². The summed E-state index contributed by atoms with van der Waals surface area (Å²) in [6, 6.07) is 0.00904. The third-order valence-corrected chi connectivity index (χ3v) is 3.52. The predicted octanol–water partition coefficient (Wildman–Crippen LogP) is 4.26. The van der Waals surface area contributed by atoms with E-state index in [4.69, 9.17) is 0 Å². The minimum atomic E-state index is -1.81. The maximum atomic E-state index is 13.4. The summed E-state index contributed by atoms with van der Waals surface area (Å²) >= 11 is 0. The number of halogens is 4. The minimum absolute atomic E-state index is 0.00904. The molecule has 8 heteroatoms. The lowest BCUT2D eigenvalue weighted by molar-refractivity contribution is -0.136. The van der Waals surface area contributed by atoms with Crippen molar-refractivity contribution >= 4 is 11.9 Å². The lowest BCUT2D eigenvalue weighted by Gasteiger charge is -2.17. The summed E-state index contributed by atoms with van der Waals surface area (Å²) in [4.78, 5) is 23.2. The van der Waals surface area contributed by atoms with Crippen molar-refractivity contribution < 1.29 is 31.9 Å². The van der Waals surface area contributed by atoms with Gasteiger partial charge in [-0.3, -0.25) is 9.59 Å². The van der Waals surface area contributed by atoms with Crippen molar-refractivity contribution in [3.05, 3.63) is 29.3 Å². The summed E-state index contributed by atoms with van der Waals surface area (Å²) in [6.45, 7) is 6.80. The number of carbonyl (C=O) groups excluding carboxylic acids is 2. The number of carbonyl (C=O) groups is 2. The highest BCUT2D eigenvalue weighted by molar-refractivity contribution is 5.82. The molecule has 0 unspecified atom stereocenters. The highest BCUT2D eigenvalue weighted by Crippen LogP contribution is 2.26. The smallest absolute Gasteiger partial charge is 0.311 e. The Labute approximate surface area is 149 Å². The number of esters is 1. The summed E-state index contributed by atoms with van der Waals surface area (Å²) in [7, 11) is 0. The van der Waals surface area contributed by atoms with Crippen LogP contribution in [-0.2, 0) is 9.59 Å². The molecular weight excluding hydrogens is 354 g/mol. The van der Waals surface area contributed by atoms with Gasteiger partial charge in [-0.1, -0.05) is 27.2 Å². The molecule has 0 heterocycles. The average Bonchev–Trinajstić information content (AvgIpc) is 2.53. The SMILES string of the molecule is CC(C)(C)CCCCNC(=O)CCC(=O)Oc1c(F)c(F)cc(F)c1F. The van der Waals surface area contributed by atoms with E-state index in [0.29, 0.717) is 6.54 Å². The van der Waals surface area contributed by atoms with E-state index in [-0.39, 0.29) is 17.9 Å². The molecule has 1 aromatic carbocycles. The predicted molar refractivity (Wildman–Crippen MR) is 87.5 cm³/mol. The Bertz CT molecular complexity index is 631. The Morgan fingerprint density at radius 2 is 1.58 bits per heavy atom. The lowest BCUT2D eigenvalue weighted by Crippen LogP contribution is -2.25. The van der Waals surface area contributed by atoms with Crippen LogP contribution in [0.1, 0.15) is 52.9 Å². The second kappa shape index (κ2) is 9.54. The summed E-state index contributed by atoms with van der Waals surface area (Å²) in [5.74, 6) is -10.0. The topological polar surface area (TPSA) is 55.4 Å². The van der Waals surface area contributed by atoms with Gasteiger partial charge in [0.15, 0.2) is 11.6 Å². The van der Waals surface area contributed by atoms with E-state index in [1.54, 1.807) is 0 Å². The summed E-state index contributed by atoms with van der Waals surface area (Å²) < 4.78 is 57.1. The second-order valence-electron chi connectivity index (χ2n) is 7.14. The molecule has 0 atom stereocenters. The van der Waals surface area contributed by atoms with Gasteiger partial charge in [-0.05, 0) is 18.3 Å². The van der Waals surface area contributed by atoms with Gasteiger partial charge in [0.25, 0.3) is 0 Å². The Hall–Kier alpha value is -2.12. The van der Waals surface area contributed by atoms with Crippen LogP contribution in [0.25, 0.3) is 0 Å². The van der Waals surface area contributed by atoms with Gasteiger partial charge in [0.2, 0.25) is 23.3 Å². The van der Waals surface area contributed by atoms with Crippen LogP contribution in [0, 0.1) is 28.7 Å². The summed E-state index contributed by atoms with van der Waals surface area (Å²) in [5, 5.41) is 2.61. The number of hydrogen-bond donors (Lipinski definition) is 1. The van der Waals surface area contributed by atoms with Crippen molar-refractivity contribution in [1.29, 1.82) is 0 Å². The number of rotatable bonds is 8. The van der Waals surface area contributed by atoms with Crippen LogP contribution in [-0.4, -0.2) is 18.4 Å². The molecule has 1 rings (SSSR count). The average molecular weight is 377 g/mol. The fraction of sp³-hybridized carbons (Fsp3) is 0.556. The Kier molecular flexibility index (Phi) is 8.05. The molecule has 146 valence electrons. The highest BCUT2D eigenvalue weighted by Gasteiger charge is 2.23. The molecule has 0 aliphatic carbocycles. The molecule has 0 aliphatic rings. The van der Waals surface area contributed by atoms with Crippen LogP contribution in [0.3, 0.4) is 0 Å². The van der Waals surface area contributed by atoms with Crippen LogP contribution < -0.4 is 10.1 Å². The molecule has 0 radical (unpaired) electrons. The van der Waals surface area contributed by atoms with Gasteiger partial charge >= 0.3 is 5.97 Å². The number of benzene rings is 1. The van der Waals surface area contributed by atoms with E-state index in [1.807, 2.05) is 0 Å². The van der Waals surface area contributed by atoms with E-state index in [2.05, 4.69) is 30.8 Å². The van der Waals surface area contributed by atoms with Crippen molar-refractivity contribution in [2.45, 2.75) is 52.9 Å². The highest BCUT2D eigenvalue weighted by atomic mass is 19.2. The zero-order valence-corrected chi connectivity index (χ0v) is 15.1. The Balaban J connectivity index is 2.38. The molecule has 0 spiro atoms. The number of ether oxygens (including phenoxy) is 1. The van der Waals surface area contributed by atoms with Gasteiger partial charge in [0, 0.05) is 19.0 Å². The van der Waals surface area contributed by atoms with E-state index in [9.17, 15) is 27.2 Å². The van der Waals surface area contributed by atoms with E-state index in [1.165, 1.54) is 0 Å². The third-order valence-electron chi connectivity index (χ3n) is 3.52. The van der Waals surface area contributed by atoms with Crippen LogP contribution in [0.2, 0.25) is 0 Å². The number of hydrogen-bond acceptors (Lipinski definition) is 3. The molecular formula is C18H23F4NO3. The third kappa shape index (κ3) is 7.41. The largest absolute Gasteiger partial charge is 0.420 e. The molecule has 0 saturated heterocycles. The van der Waals surface area contributed by atoms with Gasteiger partial charge in [-0.15, -0.1) is 0 Å². The molecule has 1 amide bonds. The molecule has 0 bridgehead atoms. The fourth-order valence-corrected chi connectivity index (χ4v) is 2.12. The fourth-order valence-electron chi connectivity index (χ4n) is 2.12. The van der Waals surface area contributed by atoms with Crippen LogP contribution in [0.4, 0.5) is 17.6 Å². The van der Waals surface area contributed by atoms with Crippen molar-refractivity contribution in [2.24, 2.45) is 5.41 Å². The van der Waals surface area contributed by atoms with Gasteiger partial charge in [0.1, 0.15) is 0 Å².